The standard InChI is InChI=1S/C19H20Cl2N2O.ClH/c20-17-7-5-13(9-18(17)21)2-1-3-19(24)23-10-14-4-6-15-11-22-12-16(15)8-14;/h4-9,22H,1-3,10-12H2,(H,23,24);1H. The first-order valence-electron chi connectivity index (χ1n) is 8.14. The lowest BCUT2D eigenvalue weighted by atomic mass is 10.1. The smallest absolute Gasteiger partial charge is 0.220 e. The van der Waals surface area contributed by atoms with Gasteiger partial charge in [0.15, 0.2) is 0 Å². The third kappa shape index (κ3) is 5.61. The highest BCUT2D eigenvalue weighted by Gasteiger charge is 2.10. The Morgan fingerprint density at radius 2 is 1.76 bits per heavy atom. The Bertz CT molecular complexity index is 749. The average molecular weight is 400 g/mol. The summed E-state index contributed by atoms with van der Waals surface area (Å²) in [5, 5.41) is 7.43. The molecule has 0 fully saturated rings. The van der Waals surface area contributed by atoms with Crippen molar-refractivity contribution < 1.29 is 4.79 Å². The highest BCUT2D eigenvalue weighted by Crippen LogP contribution is 2.23. The van der Waals surface area contributed by atoms with Crippen molar-refractivity contribution >= 4 is 41.5 Å². The second-order valence-corrected chi connectivity index (χ2v) is 6.90. The molecule has 3 rings (SSSR count). The van der Waals surface area contributed by atoms with E-state index in [1.54, 1.807) is 6.07 Å². The molecular formula is C19H21Cl3N2O. The van der Waals surface area contributed by atoms with Crippen molar-refractivity contribution in [3.63, 3.8) is 0 Å². The van der Waals surface area contributed by atoms with Gasteiger partial charge in [-0.2, -0.15) is 0 Å². The van der Waals surface area contributed by atoms with E-state index in [1.807, 2.05) is 12.1 Å². The summed E-state index contributed by atoms with van der Waals surface area (Å²) >= 11 is 11.9. The lowest BCUT2D eigenvalue weighted by Gasteiger charge is -2.07. The van der Waals surface area contributed by atoms with Gasteiger partial charge in [0.25, 0.3) is 0 Å². The maximum absolute atomic E-state index is 12.0. The zero-order valence-electron chi connectivity index (χ0n) is 13.8. The van der Waals surface area contributed by atoms with Gasteiger partial charge in [-0.25, -0.2) is 0 Å². The number of carbonyl (C=O) groups excluding carboxylic acids is 1. The fourth-order valence-electron chi connectivity index (χ4n) is 2.90. The molecule has 0 radical (unpaired) electrons. The predicted molar refractivity (Wildman–Crippen MR) is 105 cm³/mol. The van der Waals surface area contributed by atoms with E-state index in [0.29, 0.717) is 23.0 Å². The molecule has 0 saturated carbocycles. The molecule has 1 heterocycles. The minimum absolute atomic E-state index is 0. The Morgan fingerprint density at radius 1 is 1.00 bits per heavy atom. The fourth-order valence-corrected chi connectivity index (χ4v) is 3.22. The van der Waals surface area contributed by atoms with Crippen LogP contribution >= 0.6 is 35.6 Å². The zero-order valence-corrected chi connectivity index (χ0v) is 16.1. The van der Waals surface area contributed by atoms with Crippen LogP contribution in [0, 0.1) is 0 Å². The molecule has 0 atom stereocenters. The molecule has 6 heteroatoms. The summed E-state index contributed by atoms with van der Waals surface area (Å²) in [5.41, 5.74) is 4.94. The monoisotopic (exact) mass is 398 g/mol. The largest absolute Gasteiger partial charge is 0.352 e. The maximum atomic E-state index is 12.0. The summed E-state index contributed by atoms with van der Waals surface area (Å²) in [4.78, 5) is 12.0. The average Bonchev–Trinajstić information content (AvgIpc) is 3.04. The van der Waals surface area contributed by atoms with Crippen molar-refractivity contribution in [2.75, 3.05) is 0 Å². The second kappa shape index (κ2) is 9.44. The van der Waals surface area contributed by atoms with Crippen LogP contribution in [0.3, 0.4) is 0 Å². The van der Waals surface area contributed by atoms with Gasteiger partial charge in [0.2, 0.25) is 5.91 Å². The third-order valence-corrected chi connectivity index (χ3v) is 4.98. The van der Waals surface area contributed by atoms with Crippen LogP contribution in [0.15, 0.2) is 36.4 Å². The number of amides is 1. The van der Waals surface area contributed by atoms with Gasteiger partial charge < -0.3 is 10.6 Å². The zero-order chi connectivity index (χ0) is 16.9. The molecule has 1 aliphatic rings. The van der Waals surface area contributed by atoms with E-state index >= 15 is 0 Å². The second-order valence-electron chi connectivity index (χ2n) is 6.09. The Hall–Kier alpha value is -1.26. The summed E-state index contributed by atoms with van der Waals surface area (Å²) in [5.74, 6) is 0.0775. The van der Waals surface area contributed by atoms with Crippen molar-refractivity contribution in [1.29, 1.82) is 0 Å². The lowest BCUT2D eigenvalue weighted by Crippen LogP contribution is -2.22. The quantitative estimate of drug-likeness (QED) is 0.742. The number of rotatable bonds is 6. The number of benzene rings is 2. The number of carbonyl (C=O) groups is 1. The molecule has 0 aliphatic carbocycles. The number of aryl methyl sites for hydroxylation is 1. The van der Waals surface area contributed by atoms with Crippen LogP contribution in [0.5, 0.6) is 0 Å². The summed E-state index contributed by atoms with van der Waals surface area (Å²) in [6, 6.07) is 12.0. The Morgan fingerprint density at radius 3 is 2.56 bits per heavy atom. The molecule has 0 aromatic heterocycles. The highest BCUT2D eigenvalue weighted by atomic mass is 35.5. The van der Waals surface area contributed by atoms with Gasteiger partial charge in [0, 0.05) is 26.1 Å². The van der Waals surface area contributed by atoms with E-state index < -0.39 is 0 Å². The van der Waals surface area contributed by atoms with Crippen molar-refractivity contribution in [3.8, 4) is 0 Å². The summed E-state index contributed by atoms with van der Waals surface area (Å²) < 4.78 is 0. The predicted octanol–water partition coefficient (Wildman–Crippen LogP) is 4.66. The first kappa shape index (κ1) is 20.1. The molecule has 2 N–H and O–H groups in total. The van der Waals surface area contributed by atoms with E-state index in [1.165, 1.54) is 11.1 Å². The normalized spacial score (nSPS) is 12.4. The third-order valence-electron chi connectivity index (χ3n) is 4.24. The summed E-state index contributed by atoms with van der Waals surface area (Å²) in [6.07, 6.45) is 2.11. The SMILES string of the molecule is Cl.O=C(CCCc1ccc(Cl)c(Cl)c1)NCc1ccc2c(c1)CNC2. The van der Waals surface area contributed by atoms with Gasteiger partial charge in [-0.15, -0.1) is 12.4 Å². The van der Waals surface area contributed by atoms with Gasteiger partial charge in [-0.3, -0.25) is 4.79 Å². The van der Waals surface area contributed by atoms with Gasteiger partial charge in [0.1, 0.15) is 0 Å². The Labute approximate surface area is 164 Å². The number of fused-ring (bicyclic) bond motifs is 1. The van der Waals surface area contributed by atoms with Gasteiger partial charge in [0.05, 0.1) is 10.0 Å². The van der Waals surface area contributed by atoms with Crippen LogP contribution in [-0.4, -0.2) is 5.91 Å². The topological polar surface area (TPSA) is 41.1 Å². The number of halogens is 3. The maximum Gasteiger partial charge on any atom is 0.220 e. The van der Waals surface area contributed by atoms with Crippen molar-refractivity contribution in [2.24, 2.45) is 0 Å². The number of hydrogen-bond acceptors (Lipinski definition) is 2. The summed E-state index contributed by atoms with van der Waals surface area (Å²) in [6.45, 7) is 2.44. The molecule has 1 aliphatic heterocycles. The molecular weight excluding hydrogens is 379 g/mol. The van der Waals surface area contributed by atoms with Crippen molar-refractivity contribution in [2.45, 2.75) is 38.9 Å². The van der Waals surface area contributed by atoms with E-state index in [2.05, 4.69) is 28.8 Å². The van der Waals surface area contributed by atoms with Crippen LogP contribution in [0.2, 0.25) is 10.0 Å². The highest BCUT2D eigenvalue weighted by molar-refractivity contribution is 6.42. The molecule has 1 amide bonds. The minimum Gasteiger partial charge on any atom is -0.352 e. The Balaban J connectivity index is 0.00000225. The van der Waals surface area contributed by atoms with Crippen LogP contribution < -0.4 is 10.6 Å². The molecule has 134 valence electrons. The van der Waals surface area contributed by atoms with E-state index in [4.69, 9.17) is 23.2 Å². The molecule has 0 unspecified atom stereocenters. The molecule has 0 saturated heterocycles. The number of hydrogen-bond donors (Lipinski definition) is 2. The van der Waals surface area contributed by atoms with Gasteiger partial charge in [-0.05, 0) is 47.2 Å². The molecule has 3 nitrogen and oxygen atoms in total. The van der Waals surface area contributed by atoms with E-state index in [-0.39, 0.29) is 18.3 Å². The van der Waals surface area contributed by atoms with E-state index in [9.17, 15) is 4.79 Å². The lowest BCUT2D eigenvalue weighted by molar-refractivity contribution is -0.121. The molecule has 2 aromatic carbocycles. The van der Waals surface area contributed by atoms with Crippen LogP contribution in [-0.2, 0) is 30.8 Å². The van der Waals surface area contributed by atoms with Gasteiger partial charge in [-0.1, -0.05) is 47.5 Å². The molecule has 25 heavy (non-hydrogen) atoms. The number of nitrogens with one attached hydrogen (secondary N) is 2. The van der Waals surface area contributed by atoms with Crippen molar-refractivity contribution in [3.05, 3.63) is 68.7 Å². The summed E-state index contributed by atoms with van der Waals surface area (Å²) in [7, 11) is 0. The van der Waals surface area contributed by atoms with Crippen LogP contribution in [0.1, 0.15) is 35.1 Å². The molecule has 0 bridgehead atoms. The Kier molecular flexibility index (Phi) is 7.57. The van der Waals surface area contributed by atoms with E-state index in [0.717, 1.165) is 37.1 Å². The minimum atomic E-state index is 0. The molecule has 0 spiro atoms. The van der Waals surface area contributed by atoms with Crippen molar-refractivity contribution in [1.82, 2.24) is 10.6 Å². The molecule has 2 aromatic rings. The van der Waals surface area contributed by atoms with Crippen LogP contribution in [0.25, 0.3) is 0 Å². The fraction of sp³-hybridized carbons (Fsp3) is 0.316. The van der Waals surface area contributed by atoms with Gasteiger partial charge >= 0.3 is 0 Å². The van der Waals surface area contributed by atoms with Crippen LogP contribution in [0.4, 0.5) is 0 Å². The first-order chi connectivity index (χ1) is 11.6. The first-order valence-corrected chi connectivity index (χ1v) is 8.89.